The lowest BCUT2D eigenvalue weighted by Crippen LogP contribution is -2.49. The Morgan fingerprint density at radius 1 is 1.06 bits per heavy atom. The number of carbonyl (C=O) groups excluding carboxylic acids is 1. The number of hydrogen-bond acceptors (Lipinski definition) is 5. The minimum Gasteiger partial charge on any atom is -0.492 e. The summed E-state index contributed by atoms with van der Waals surface area (Å²) in [6.45, 7) is 4.60. The molecular weight excluding hydrogens is 414 g/mol. The number of hydrogen-bond donors (Lipinski definition) is 1. The van der Waals surface area contributed by atoms with E-state index in [9.17, 15) is 13.2 Å². The first kappa shape index (κ1) is 22.6. The molecular formula is C23H35N3O4S. The number of ether oxygens (including phenoxy) is 1. The number of sulfonamides is 1. The maximum absolute atomic E-state index is 13.2. The van der Waals surface area contributed by atoms with Crippen molar-refractivity contribution >= 4 is 21.6 Å². The van der Waals surface area contributed by atoms with Gasteiger partial charge in [-0.15, -0.1) is 0 Å². The van der Waals surface area contributed by atoms with Crippen LogP contribution in [0.4, 0.5) is 5.69 Å². The second-order valence-electron chi connectivity index (χ2n) is 8.98. The highest BCUT2D eigenvalue weighted by atomic mass is 32.2. The molecule has 2 saturated heterocycles. The zero-order chi connectivity index (χ0) is 21.8. The summed E-state index contributed by atoms with van der Waals surface area (Å²) in [5, 5.41) is 2.94. The van der Waals surface area contributed by atoms with E-state index in [1.54, 1.807) is 18.2 Å². The Labute approximate surface area is 186 Å². The molecule has 2 atom stereocenters. The average Bonchev–Trinajstić information content (AvgIpc) is 3.31. The zero-order valence-corrected chi connectivity index (χ0v) is 19.3. The summed E-state index contributed by atoms with van der Waals surface area (Å²) >= 11 is 0. The fourth-order valence-electron chi connectivity index (χ4n) is 5.44. The first-order valence-corrected chi connectivity index (χ1v) is 13.2. The molecule has 4 rings (SSSR count). The molecule has 8 heteroatoms. The molecule has 31 heavy (non-hydrogen) atoms. The van der Waals surface area contributed by atoms with Gasteiger partial charge in [0.15, 0.2) is 0 Å². The summed E-state index contributed by atoms with van der Waals surface area (Å²) in [5.74, 6) is 0.978. The van der Waals surface area contributed by atoms with Crippen LogP contribution in [0.25, 0.3) is 0 Å². The lowest BCUT2D eigenvalue weighted by Gasteiger charge is -2.43. The number of fused-ring (bicyclic) bond motifs is 1. The van der Waals surface area contributed by atoms with Gasteiger partial charge in [0.05, 0.1) is 13.2 Å². The monoisotopic (exact) mass is 449 g/mol. The summed E-state index contributed by atoms with van der Waals surface area (Å²) in [6, 6.07) is 5.45. The lowest BCUT2D eigenvalue weighted by molar-refractivity contribution is -0.118. The average molecular weight is 450 g/mol. The van der Waals surface area contributed by atoms with Crippen molar-refractivity contribution in [3.8, 4) is 5.75 Å². The van der Waals surface area contributed by atoms with Crippen molar-refractivity contribution in [2.24, 2.45) is 5.92 Å². The fourth-order valence-corrected chi connectivity index (χ4v) is 7.11. The van der Waals surface area contributed by atoms with E-state index >= 15 is 0 Å². The molecule has 0 aromatic heterocycles. The highest BCUT2D eigenvalue weighted by Crippen LogP contribution is 2.35. The molecule has 1 N–H and O–H groups in total. The molecule has 3 aliphatic rings. The molecule has 0 radical (unpaired) electrons. The van der Waals surface area contributed by atoms with Crippen LogP contribution >= 0.6 is 0 Å². The Bertz CT molecular complexity index is 881. The van der Waals surface area contributed by atoms with Crippen molar-refractivity contribution < 1.29 is 17.9 Å². The van der Waals surface area contributed by atoms with Crippen LogP contribution in [0.15, 0.2) is 23.1 Å². The number of nitrogens with zero attached hydrogens (tertiary/aromatic N) is 2. The predicted molar refractivity (Wildman–Crippen MR) is 121 cm³/mol. The summed E-state index contributed by atoms with van der Waals surface area (Å²) in [4.78, 5) is 15.3. The van der Waals surface area contributed by atoms with E-state index in [-0.39, 0.29) is 10.8 Å². The lowest BCUT2D eigenvalue weighted by atomic mass is 9.78. The minimum atomic E-state index is -3.65. The molecule has 2 heterocycles. The Morgan fingerprint density at radius 3 is 2.58 bits per heavy atom. The van der Waals surface area contributed by atoms with E-state index in [1.165, 1.54) is 36.4 Å². The molecule has 2 aliphatic heterocycles. The number of rotatable bonds is 7. The van der Waals surface area contributed by atoms with Crippen LogP contribution in [0.1, 0.15) is 58.3 Å². The van der Waals surface area contributed by atoms with Crippen molar-refractivity contribution in [2.75, 3.05) is 38.1 Å². The second-order valence-corrected chi connectivity index (χ2v) is 10.9. The summed E-state index contributed by atoms with van der Waals surface area (Å²) < 4.78 is 33.4. The van der Waals surface area contributed by atoms with Gasteiger partial charge in [-0.25, -0.2) is 8.42 Å². The van der Waals surface area contributed by atoms with E-state index in [1.807, 2.05) is 6.92 Å². The molecule has 172 valence electrons. The van der Waals surface area contributed by atoms with Crippen LogP contribution < -0.4 is 10.1 Å². The van der Waals surface area contributed by atoms with Gasteiger partial charge in [-0.05, 0) is 76.1 Å². The van der Waals surface area contributed by atoms with Gasteiger partial charge in [-0.2, -0.15) is 4.31 Å². The zero-order valence-electron chi connectivity index (χ0n) is 18.5. The van der Waals surface area contributed by atoms with Gasteiger partial charge in [0.25, 0.3) is 0 Å². The summed E-state index contributed by atoms with van der Waals surface area (Å²) in [6.07, 6.45) is 9.18. The molecule has 0 bridgehead atoms. The van der Waals surface area contributed by atoms with Crippen molar-refractivity contribution in [3.63, 3.8) is 0 Å². The van der Waals surface area contributed by atoms with Crippen LogP contribution in [0, 0.1) is 5.92 Å². The van der Waals surface area contributed by atoms with Gasteiger partial charge >= 0.3 is 0 Å². The van der Waals surface area contributed by atoms with Gasteiger partial charge in [-0.3, -0.25) is 9.69 Å². The van der Waals surface area contributed by atoms with Crippen molar-refractivity contribution in [3.05, 3.63) is 18.2 Å². The third-order valence-electron chi connectivity index (χ3n) is 6.92. The molecule has 1 aromatic rings. The Morgan fingerprint density at radius 2 is 1.81 bits per heavy atom. The van der Waals surface area contributed by atoms with Crippen molar-refractivity contribution in [1.82, 2.24) is 9.21 Å². The van der Waals surface area contributed by atoms with Crippen molar-refractivity contribution in [2.45, 2.75) is 69.2 Å². The van der Waals surface area contributed by atoms with Crippen LogP contribution in [-0.4, -0.2) is 62.4 Å². The van der Waals surface area contributed by atoms with Gasteiger partial charge in [-0.1, -0.05) is 12.8 Å². The largest absolute Gasteiger partial charge is 0.492 e. The number of carbonyl (C=O) groups is 1. The fraction of sp³-hybridized carbons (Fsp3) is 0.696. The molecule has 1 amide bonds. The maximum Gasteiger partial charge on any atom is 0.246 e. The van der Waals surface area contributed by atoms with Gasteiger partial charge in [0.2, 0.25) is 15.9 Å². The molecule has 3 fully saturated rings. The first-order valence-electron chi connectivity index (χ1n) is 11.8. The quantitative estimate of drug-likeness (QED) is 0.690. The minimum absolute atomic E-state index is 0.0834. The van der Waals surface area contributed by atoms with Gasteiger partial charge < -0.3 is 10.1 Å². The molecule has 1 aromatic carbocycles. The predicted octanol–water partition coefficient (Wildman–Crippen LogP) is 3.46. The Kier molecular flexibility index (Phi) is 7.19. The third kappa shape index (κ3) is 5.07. The summed E-state index contributed by atoms with van der Waals surface area (Å²) in [7, 11) is -3.65. The number of benzene rings is 1. The topological polar surface area (TPSA) is 79.0 Å². The van der Waals surface area contributed by atoms with Crippen LogP contribution in [0.2, 0.25) is 0 Å². The van der Waals surface area contributed by atoms with E-state index in [0.29, 0.717) is 43.7 Å². The molecule has 1 aliphatic carbocycles. The van der Waals surface area contributed by atoms with E-state index < -0.39 is 10.0 Å². The Balaban J connectivity index is 1.48. The Hall–Kier alpha value is -1.64. The number of likely N-dealkylation sites (tertiary alicyclic amines) is 1. The van der Waals surface area contributed by atoms with Gasteiger partial charge in [0, 0.05) is 24.8 Å². The third-order valence-corrected chi connectivity index (χ3v) is 8.83. The van der Waals surface area contributed by atoms with E-state index in [4.69, 9.17) is 4.74 Å². The molecule has 7 nitrogen and oxygen atoms in total. The molecule has 0 spiro atoms. The van der Waals surface area contributed by atoms with E-state index in [2.05, 4.69) is 10.2 Å². The van der Waals surface area contributed by atoms with Crippen molar-refractivity contribution in [1.29, 1.82) is 0 Å². The number of nitrogens with one attached hydrogen (secondary N) is 1. The smallest absolute Gasteiger partial charge is 0.246 e. The highest BCUT2D eigenvalue weighted by molar-refractivity contribution is 7.89. The van der Waals surface area contributed by atoms with Crippen LogP contribution in [0.5, 0.6) is 5.75 Å². The van der Waals surface area contributed by atoms with Crippen LogP contribution in [-0.2, 0) is 14.8 Å². The molecule has 2 unspecified atom stereocenters. The molecule has 1 saturated carbocycles. The highest BCUT2D eigenvalue weighted by Gasteiger charge is 2.34. The normalized spacial score (nSPS) is 25.2. The number of anilines is 1. The van der Waals surface area contributed by atoms with Crippen LogP contribution in [0.3, 0.4) is 0 Å². The van der Waals surface area contributed by atoms with E-state index in [0.717, 1.165) is 31.7 Å². The summed E-state index contributed by atoms with van der Waals surface area (Å²) in [5.41, 5.74) is 0.503. The maximum atomic E-state index is 13.2. The van der Waals surface area contributed by atoms with Gasteiger partial charge in [0.1, 0.15) is 10.6 Å². The second kappa shape index (κ2) is 9.88. The first-order chi connectivity index (χ1) is 15.0. The SMILES string of the molecule is CCOc1ccc(NC(=O)CN2CCCC3CCCCC32)cc1S(=O)(=O)N1CCCC1. The number of piperidine rings is 1. The number of amides is 1. The standard InChI is InChI=1S/C23H35N3O4S/c1-2-30-21-12-11-19(16-22(21)31(28,29)26-14-5-6-15-26)24-23(27)17-25-13-7-9-18-8-3-4-10-20(18)25/h11-12,16,18,20H,2-10,13-15,17H2,1H3,(H,24,27).